The van der Waals surface area contributed by atoms with Crippen molar-refractivity contribution in [1.29, 1.82) is 0 Å². The summed E-state index contributed by atoms with van der Waals surface area (Å²) in [5.41, 5.74) is 1.73. The third-order valence-electron chi connectivity index (χ3n) is 3.94. The average Bonchev–Trinajstić information content (AvgIpc) is 2.67. The van der Waals surface area contributed by atoms with Gasteiger partial charge in [-0.15, -0.1) is 0 Å². The molecule has 0 bridgehead atoms. The monoisotopic (exact) mass is 442 g/mol. The molecule has 2 aromatic carbocycles. The minimum atomic E-state index is -4.26. The van der Waals surface area contributed by atoms with Crippen molar-refractivity contribution in [3.05, 3.63) is 59.7 Å². The molecule has 158 valence electrons. The molecule has 0 aliphatic rings. The summed E-state index contributed by atoms with van der Waals surface area (Å²) in [5, 5.41) is 0. The van der Waals surface area contributed by atoms with Gasteiger partial charge in [-0.1, -0.05) is 35.4 Å². The van der Waals surface area contributed by atoms with Gasteiger partial charge in [0.15, 0.2) is 6.10 Å². The maximum Gasteiger partial charge on any atom is 0.336 e. The van der Waals surface area contributed by atoms with E-state index in [1.165, 1.54) is 24.3 Å². The van der Waals surface area contributed by atoms with Crippen LogP contribution < -0.4 is 0 Å². The fourth-order valence-corrected chi connectivity index (χ4v) is 4.27. The topological polar surface area (TPSA) is 113 Å². The molecule has 0 spiro atoms. The zero-order chi connectivity index (χ0) is 21.7. The molecular weight excluding hydrogens is 420 g/mol. The van der Waals surface area contributed by atoms with Gasteiger partial charge in [-0.25, -0.2) is 4.79 Å². The highest BCUT2D eigenvalue weighted by molar-refractivity contribution is 7.87. The zero-order valence-corrected chi connectivity index (χ0v) is 17.8. The molecule has 0 N–H and O–H groups in total. The average molecular weight is 443 g/mol. The van der Waals surface area contributed by atoms with Gasteiger partial charge in [-0.3, -0.25) is 8.37 Å². The summed E-state index contributed by atoms with van der Waals surface area (Å²) in [5.74, 6) is -0.961. The Morgan fingerprint density at radius 2 is 1.28 bits per heavy atom. The summed E-state index contributed by atoms with van der Waals surface area (Å²) < 4.78 is 63.7. The third kappa shape index (κ3) is 6.36. The summed E-state index contributed by atoms with van der Waals surface area (Å²) in [4.78, 5) is 11.7. The first-order valence-corrected chi connectivity index (χ1v) is 11.4. The van der Waals surface area contributed by atoms with E-state index in [4.69, 9.17) is 8.37 Å². The van der Waals surface area contributed by atoms with Crippen molar-refractivity contribution in [2.24, 2.45) is 0 Å². The third-order valence-corrected chi connectivity index (χ3v) is 6.61. The lowest BCUT2D eigenvalue weighted by Crippen LogP contribution is -2.30. The van der Waals surface area contributed by atoms with Gasteiger partial charge < -0.3 is 4.74 Å². The number of carbonyl (C=O) groups is 1. The molecular formula is C19H22O8S2. The minimum Gasteiger partial charge on any atom is -0.467 e. The number of hydrogen-bond acceptors (Lipinski definition) is 8. The van der Waals surface area contributed by atoms with E-state index in [0.717, 1.165) is 18.2 Å². The molecule has 0 saturated heterocycles. The molecule has 0 saturated carbocycles. The second-order valence-electron chi connectivity index (χ2n) is 6.25. The van der Waals surface area contributed by atoms with Crippen LogP contribution in [0.25, 0.3) is 0 Å². The number of ether oxygens (including phenoxy) is 1. The lowest BCUT2D eigenvalue weighted by molar-refractivity contribution is -0.149. The van der Waals surface area contributed by atoms with Crippen LogP contribution in [-0.2, 0) is 38.1 Å². The second-order valence-corrected chi connectivity index (χ2v) is 9.44. The van der Waals surface area contributed by atoms with Gasteiger partial charge in [-0.05, 0) is 38.1 Å². The van der Waals surface area contributed by atoms with Crippen molar-refractivity contribution in [2.75, 3.05) is 13.7 Å². The molecule has 0 amide bonds. The van der Waals surface area contributed by atoms with Gasteiger partial charge in [-0.2, -0.15) is 16.8 Å². The van der Waals surface area contributed by atoms with E-state index in [1.807, 2.05) is 6.92 Å². The summed E-state index contributed by atoms with van der Waals surface area (Å²) in [6.07, 6.45) is -1.90. The number of hydrogen-bond donors (Lipinski definition) is 0. The Morgan fingerprint density at radius 1 is 0.828 bits per heavy atom. The predicted octanol–water partition coefficient (Wildman–Crippen LogP) is 2.35. The Balaban J connectivity index is 2.08. The van der Waals surface area contributed by atoms with E-state index in [2.05, 4.69) is 4.74 Å². The van der Waals surface area contributed by atoms with Crippen molar-refractivity contribution in [1.82, 2.24) is 0 Å². The van der Waals surface area contributed by atoms with E-state index in [9.17, 15) is 21.6 Å². The molecule has 0 aliphatic carbocycles. The molecule has 29 heavy (non-hydrogen) atoms. The van der Waals surface area contributed by atoms with Crippen LogP contribution in [0.15, 0.2) is 58.3 Å². The van der Waals surface area contributed by atoms with E-state index in [0.29, 0.717) is 0 Å². The maximum atomic E-state index is 12.4. The summed E-state index contributed by atoms with van der Waals surface area (Å²) >= 11 is 0. The van der Waals surface area contributed by atoms with E-state index >= 15 is 0 Å². The van der Waals surface area contributed by atoms with Crippen molar-refractivity contribution in [3.63, 3.8) is 0 Å². The molecule has 0 heterocycles. The normalized spacial score (nSPS) is 13.1. The fourth-order valence-electron chi connectivity index (χ4n) is 2.29. The molecule has 0 fully saturated rings. The SMILES string of the molecule is COC(=O)C(CCOS(=O)(=O)c1ccc(C)cc1)OS(=O)(=O)c1ccc(C)cc1. The van der Waals surface area contributed by atoms with E-state index in [-0.39, 0.29) is 16.2 Å². The lowest BCUT2D eigenvalue weighted by Gasteiger charge is -2.15. The van der Waals surface area contributed by atoms with Gasteiger partial charge in [0.25, 0.3) is 20.2 Å². The first-order chi connectivity index (χ1) is 13.5. The van der Waals surface area contributed by atoms with Gasteiger partial charge in [0, 0.05) is 6.42 Å². The smallest absolute Gasteiger partial charge is 0.336 e. The first-order valence-electron chi connectivity index (χ1n) is 8.59. The van der Waals surface area contributed by atoms with E-state index in [1.54, 1.807) is 31.2 Å². The van der Waals surface area contributed by atoms with Gasteiger partial charge >= 0.3 is 5.97 Å². The van der Waals surface area contributed by atoms with Crippen molar-refractivity contribution in [2.45, 2.75) is 36.2 Å². The quantitative estimate of drug-likeness (QED) is 0.430. The van der Waals surface area contributed by atoms with Gasteiger partial charge in [0.1, 0.15) is 0 Å². The largest absolute Gasteiger partial charge is 0.467 e. The summed E-state index contributed by atoms with van der Waals surface area (Å²) in [7, 11) is -7.25. The standard InChI is InChI=1S/C19H22O8S2/c1-14-4-8-16(9-5-14)28(21,22)26-13-12-18(19(20)25-3)27-29(23,24)17-10-6-15(2)7-11-17/h4-11,18H,12-13H2,1-3H3. The minimum absolute atomic E-state index is 0.0501. The van der Waals surface area contributed by atoms with Crippen molar-refractivity contribution >= 4 is 26.2 Å². The number of aryl methyl sites for hydroxylation is 2. The van der Waals surface area contributed by atoms with Crippen LogP contribution in [0.4, 0.5) is 0 Å². The Kier molecular flexibility index (Phi) is 7.53. The van der Waals surface area contributed by atoms with Crippen LogP contribution in [0, 0.1) is 13.8 Å². The van der Waals surface area contributed by atoms with E-state index < -0.39 is 38.9 Å². The van der Waals surface area contributed by atoms with Crippen molar-refractivity contribution in [3.8, 4) is 0 Å². The Morgan fingerprint density at radius 3 is 1.72 bits per heavy atom. The fraction of sp³-hybridized carbons (Fsp3) is 0.316. The predicted molar refractivity (Wildman–Crippen MR) is 104 cm³/mol. The molecule has 8 nitrogen and oxygen atoms in total. The number of rotatable bonds is 9. The Bertz CT molecular complexity index is 1040. The molecule has 2 rings (SSSR count). The Labute approximate surface area is 170 Å². The summed E-state index contributed by atoms with van der Waals surface area (Å²) in [6.45, 7) is 3.13. The lowest BCUT2D eigenvalue weighted by atomic mass is 10.2. The van der Waals surface area contributed by atoms with Crippen LogP contribution >= 0.6 is 0 Å². The molecule has 0 aliphatic heterocycles. The molecule has 2 aromatic rings. The number of carbonyl (C=O) groups excluding carboxylic acids is 1. The van der Waals surface area contributed by atoms with Gasteiger partial charge in [0.2, 0.25) is 0 Å². The summed E-state index contributed by atoms with van der Waals surface area (Å²) in [6, 6.07) is 11.9. The van der Waals surface area contributed by atoms with Crippen molar-refractivity contribution < 1.29 is 34.7 Å². The highest BCUT2D eigenvalue weighted by Crippen LogP contribution is 2.18. The molecule has 10 heteroatoms. The molecule has 1 unspecified atom stereocenters. The second kappa shape index (κ2) is 9.49. The van der Waals surface area contributed by atoms with Crippen LogP contribution in [0.2, 0.25) is 0 Å². The van der Waals surface area contributed by atoms with Crippen LogP contribution in [0.1, 0.15) is 17.5 Å². The van der Waals surface area contributed by atoms with Crippen LogP contribution in [-0.4, -0.2) is 42.6 Å². The Hall–Kier alpha value is -2.27. The highest BCUT2D eigenvalue weighted by Gasteiger charge is 2.29. The van der Waals surface area contributed by atoms with Crippen LogP contribution in [0.3, 0.4) is 0 Å². The van der Waals surface area contributed by atoms with Crippen LogP contribution in [0.5, 0.6) is 0 Å². The number of esters is 1. The van der Waals surface area contributed by atoms with Gasteiger partial charge in [0.05, 0.1) is 23.5 Å². The zero-order valence-electron chi connectivity index (χ0n) is 16.2. The molecule has 1 atom stereocenters. The molecule has 0 radical (unpaired) electrons. The first kappa shape index (κ1) is 23.0. The molecule has 0 aromatic heterocycles. The number of benzene rings is 2. The number of methoxy groups -OCH3 is 1. The maximum absolute atomic E-state index is 12.4. The highest BCUT2D eigenvalue weighted by atomic mass is 32.2.